The topological polar surface area (TPSA) is 53.7 Å². The van der Waals surface area contributed by atoms with Crippen LogP contribution in [0.15, 0.2) is 51.6 Å². The van der Waals surface area contributed by atoms with Crippen LogP contribution in [0.3, 0.4) is 0 Å². The van der Waals surface area contributed by atoms with Crippen LogP contribution in [0.1, 0.15) is 0 Å². The lowest BCUT2D eigenvalue weighted by Crippen LogP contribution is -1.95. The van der Waals surface area contributed by atoms with E-state index in [4.69, 9.17) is 18.7 Å². The third-order valence-corrected chi connectivity index (χ3v) is 4.20. The molecular formula is C18H16BrNO4. The number of benzene rings is 2. The van der Waals surface area contributed by atoms with Crippen LogP contribution in [0.5, 0.6) is 17.2 Å². The number of halogens is 1. The number of rotatable bonds is 5. The van der Waals surface area contributed by atoms with Gasteiger partial charge in [0.05, 0.1) is 33.1 Å². The van der Waals surface area contributed by atoms with Crippen molar-refractivity contribution in [2.24, 2.45) is 0 Å². The second kappa shape index (κ2) is 6.97. The molecule has 1 aromatic heterocycles. The monoisotopic (exact) mass is 389 g/mol. The molecule has 5 nitrogen and oxygen atoms in total. The maximum Gasteiger partial charge on any atom is 0.178 e. The summed E-state index contributed by atoms with van der Waals surface area (Å²) in [5.74, 6) is 2.40. The van der Waals surface area contributed by atoms with Crippen LogP contribution < -0.4 is 14.2 Å². The van der Waals surface area contributed by atoms with Gasteiger partial charge in [0.15, 0.2) is 17.3 Å². The molecule has 0 aliphatic carbocycles. The van der Waals surface area contributed by atoms with Gasteiger partial charge in [-0.2, -0.15) is 0 Å². The molecule has 124 valence electrons. The first-order chi connectivity index (χ1) is 11.7. The fourth-order valence-electron chi connectivity index (χ4n) is 2.48. The fraction of sp³-hybridized carbons (Fsp3) is 0.167. The van der Waals surface area contributed by atoms with Crippen molar-refractivity contribution in [2.75, 3.05) is 21.3 Å². The minimum atomic E-state index is 0.586. The van der Waals surface area contributed by atoms with Gasteiger partial charge < -0.3 is 18.7 Å². The Bertz CT molecular complexity index is 843. The van der Waals surface area contributed by atoms with Gasteiger partial charge in [0, 0.05) is 16.1 Å². The Morgan fingerprint density at radius 1 is 0.833 bits per heavy atom. The Hall–Kier alpha value is -2.47. The number of hydrogen-bond acceptors (Lipinski definition) is 5. The summed E-state index contributed by atoms with van der Waals surface area (Å²) in [5, 5.41) is 3.96. The van der Waals surface area contributed by atoms with Crippen molar-refractivity contribution in [2.45, 2.75) is 0 Å². The molecule has 3 rings (SSSR count). The van der Waals surface area contributed by atoms with Gasteiger partial charge in [-0.1, -0.05) is 33.2 Å². The number of methoxy groups -OCH3 is 3. The first-order valence-corrected chi connectivity index (χ1v) is 7.98. The minimum Gasteiger partial charge on any atom is -0.496 e. The van der Waals surface area contributed by atoms with Gasteiger partial charge in [-0.05, 0) is 23.8 Å². The van der Waals surface area contributed by atoms with Crippen LogP contribution in [0.2, 0.25) is 0 Å². The van der Waals surface area contributed by atoms with Crippen molar-refractivity contribution >= 4 is 15.9 Å². The number of nitrogens with zero attached hydrogens (tertiary/aromatic N) is 1. The van der Waals surface area contributed by atoms with Gasteiger partial charge in [0.25, 0.3) is 0 Å². The van der Waals surface area contributed by atoms with Crippen LogP contribution in [0.25, 0.3) is 22.5 Å². The summed E-state index contributed by atoms with van der Waals surface area (Å²) in [6.07, 6.45) is 1.69. The summed E-state index contributed by atoms with van der Waals surface area (Å²) in [6, 6.07) is 11.5. The van der Waals surface area contributed by atoms with Gasteiger partial charge >= 0.3 is 0 Å². The van der Waals surface area contributed by atoms with Crippen molar-refractivity contribution in [3.63, 3.8) is 0 Å². The van der Waals surface area contributed by atoms with E-state index in [0.717, 1.165) is 21.2 Å². The standard InChI is InChI=1S/C18H16BrNO4/c1-21-15-9-17(23-3)16(22-2)8-13(15)18-14(10-20-24-18)11-4-6-12(19)7-5-11/h4-10H,1-3H3. The second-order valence-corrected chi connectivity index (χ2v) is 5.90. The zero-order valence-electron chi connectivity index (χ0n) is 13.5. The van der Waals surface area contributed by atoms with Crippen LogP contribution in [0.4, 0.5) is 0 Å². The Balaban J connectivity index is 2.16. The first kappa shape index (κ1) is 16.4. The molecule has 6 heteroatoms. The summed E-state index contributed by atoms with van der Waals surface area (Å²) in [6.45, 7) is 0. The molecule has 0 amide bonds. The molecule has 3 aromatic rings. The van der Waals surface area contributed by atoms with Crippen molar-refractivity contribution in [3.8, 4) is 39.7 Å². The number of ether oxygens (including phenoxy) is 3. The van der Waals surface area contributed by atoms with E-state index in [9.17, 15) is 0 Å². The maximum atomic E-state index is 5.51. The number of aromatic nitrogens is 1. The molecule has 0 bridgehead atoms. The van der Waals surface area contributed by atoms with Gasteiger partial charge in [-0.25, -0.2) is 0 Å². The summed E-state index contributed by atoms with van der Waals surface area (Å²) in [7, 11) is 4.77. The molecule has 0 saturated carbocycles. The van der Waals surface area contributed by atoms with Gasteiger partial charge in [-0.3, -0.25) is 0 Å². The Morgan fingerprint density at radius 2 is 1.46 bits per heavy atom. The second-order valence-electron chi connectivity index (χ2n) is 4.98. The van der Waals surface area contributed by atoms with E-state index in [2.05, 4.69) is 21.1 Å². The third-order valence-electron chi connectivity index (χ3n) is 3.68. The van der Waals surface area contributed by atoms with Gasteiger partial charge in [0.1, 0.15) is 5.75 Å². The van der Waals surface area contributed by atoms with Crippen molar-refractivity contribution in [3.05, 3.63) is 47.1 Å². The van der Waals surface area contributed by atoms with E-state index in [1.807, 2.05) is 30.3 Å². The van der Waals surface area contributed by atoms with Crippen LogP contribution in [-0.2, 0) is 0 Å². The SMILES string of the molecule is COc1cc(OC)c(-c2oncc2-c2ccc(Br)cc2)cc1OC. The molecular weight excluding hydrogens is 374 g/mol. The van der Waals surface area contributed by atoms with Crippen LogP contribution in [0, 0.1) is 0 Å². The first-order valence-electron chi connectivity index (χ1n) is 7.19. The smallest absolute Gasteiger partial charge is 0.178 e. The van der Waals surface area contributed by atoms with Crippen molar-refractivity contribution in [1.29, 1.82) is 0 Å². The Morgan fingerprint density at radius 3 is 2.08 bits per heavy atom. The quantitative estimate of drug-likeness (QED) is 0.627. The summed E-state index contributed by atoms with van der Waals surface area (Å²) >= 11 is 3.44. The molecule has 0 fully saturated rings. The van der Waals surface area contributed by atoms with Crippen LogP contribution >= 0.6 is 15.9 Å². The molecule has 0 spiro atoms. The Kier molecular flexibility index (Phi) is 4.76. The summed E-state index contributed by atoms with van der Waals surface area (Å²) in [4.78, 5) is 0. The average molecular weight is 390 g/mol. The predicted molar refractivity (Wildman–Crippen MR) is 94.7 cm³/mol. The lowest BCUT2D eigenvalue weighted by Gasteiger charge is -2.13. The lowest BCUT2D eigenvalue weighted by atomic mass is 10.0. The molecule has 0 saturated heterocycles. The van der Waals surface area contributed by atoms with E-state index in [0.29, 0.717) is 23.0 Å². The largest absolute Gasteiger partial charge is 0.496 e. The van der Waals surface area contributed by atoms with E-state index in [-0.39, 0.29) is 0 Å². The molecule has 0 aliphatic heterocycles. The molecule has 24 heavy (non-hydrogen) atoms. The molecule has 1 heterocycles. The predicted octanol–water partition coefficient (Wildman–Crippen LogP) is 4.80. The highest BCUT2D eigenvalue weighted by Crippen LogP contribution is 2.43. The molecule has 0 N–H and O–H groups in total. The highest BCUT2D eigenvalue weighted by Gasteiger charge is 2.20. The molecule has 2 aromatic carbocycles. The molecule has 0 atom stereocenters. The van der Waals surface area contributed by atoms with Crippen LogP contribution in [-0.4, -0.2) is 26.5 Å². The van der Waals surface area contributed by atoms with Gasteiger partial charge in [-0.15, -0.1) is 0 Å². The molecule has 0 radical (unpaired) electrons. The summed E-state index contributed by atoms with van der Waals surface area (Å²) in [5.41, 5.74) is 2.60. The highest BCUT2D eigenvalue weighted by molar-refractivity contribution is 9.10. The van der Waals surface area contributed by atoms with E-state index in [1.165, 1.54) is 0 Å². The average Bonchev–Trinajstić information content (AvgIpc) is 3.10. The van der Waals surface area contributed by atoms with Crippen molar-refractivity contribution in [1.82, 2.24) is 5.16 Å². The fourth-order valence-corrected chi connectivity index (χ4v) is 2.74. The third kappa shape index (κ3) is 2.97. The molecule has 0 unspecified atom stereocenters. The molecule has 0 aliphatic rings. The van der Waals surface area contributed by atoms with Crippen molar-refractivity contribution < 1.29 is 18.7 Å². The number of hydrogen-bond donors (Lipinski definition) is 0. The van der Waals surface area contributed by atoms with E-state index >= 15 is 0 Å². The van der Waals surface area contributed by atoms with E-state index in [1.54, 1.807) is 33.6 Å². The minimum absolute atomic E-state index is 0.586. The summed E-state index contributed by atoms with van der Waals surface area (Å²) < 4.78 is 22.7. The zero-order chi connectivity index (χ0) is 17.1. The van der Waals surface area contributed by atoms with Gasteiger partial charge in [0.2, 0.25) is 0 Å². The maximum absolute atomic E-state index is 5.51. The normalized spacial score (nSPS) is 10.5. The zero-order valence-corrected chi connectivity index (χ0v) is 15.1. The lowest BCUT2D eigenvalue weighted by molar-refractivity contribution is 0.348. The van der Waals surface area contributed by atoms with E-state index < -0.39 is 0 Å². The highest BCUT2D eigenvalue weighted by atomic mass is 79.9. The Labute approximate surface area is 148 Å².